The molecule has 174 valence electrons. The Kier molecular flexibility index (Phi) is 7.40. The minimum absolute atomic E-state index is 0.0679. The van der Waals surface area contributed by atoms with Crippen LogP contribution in [0.5, 0.6) is 17.2 Å². The molecule has 1 aromatic heterocycles. The first-order chi connectivity index (χ1) is 15.8. The molecule has 0 spiro atoms. The summed E-state index contributed by atoms with van der Waals surface area (Å²) in [5.41, 5.74) is 7.58. The summed E-state index contributed by atoms with van der Waals surface area (Å²) in [4.78, 5) is 26.3. The Bertz CT molecular complexity index is 1110. The highest BCUT2D eigenvalue weighted by atomic mass is 16.5. The molecular weight excluding hydrogens is 424 g/mol. The molecular formula is C25H28N2O6. The molecule has 1 amide bonds. The van der Waals surface area contributed by atoms with Gasteiger partial charge >= 0.3 is 0 Å². The average molecular weight is 453 g/mol. The van der Waals surface area contributed by atoms with Crippen molar-refractivity contribution >= 4 is 17.4 Å². The smallest absolute Gasteiger partial charge is 0.241 e. The minimum atomic E-state index is -0.723. The molecule has 0 bridgehead atoms. The Morgan fingerprint density at radius 3 is 2.15 bits per heavy atom. The van der Waals surface area contributed by atoms with Gasteiger partial charge in [-0.05, 0) is 48.4 Å². The molecule has 1 heterocycles. The van der Waals surface area contributed by atoms with Crippen molar-refractivity contribution in [3.8, 4) is 28.6 Å². The van der Waals surface area contributed by atoms with Gasteiger partial charge in [0.15, 0.2) is 17.3 Å². The normalized spacial score (nSPS) is 11.7. The maximum absolute atomic E-state index is 13.6. The molecule has 1 atom stereocenters. The maximum atomic E-state index is 13.6. The molecule has 33 heavy (non-hydrogen) atoms. The van der Waals surface area contributed by atoms with E-state index in [0.29, 0.717) is 39.8 Å². The predicted molar refractivity (Wildman–Crippen MR) is 125 cm³/mol. The molecule has 0 saturated heterocycles. The third-order valence-electron chi connectivity index (χ3n) is 5.28. The van der Waals surface area contributed by atoms with Gasteiger partial charge in [-0.3, -0.25) is 9.59 Å². The van der Waals surface area contributed by atoms with E-state index in [1.54, 1.807) is 48.7 Å². The molecule has 0 aliphatic carbocycles. The van der Waals surface area contributed by atoms with Crippen LogP contribution in [-0.2, 0) is 4.79 Å². The molecule has 0 aliphatic heterocycles. The van der Waals surface area contributed by atoms with Crippen molar-refractivity contribution in [2.45, 2.75) is 19.9 Å². The summed E-state index contributed by atoms with van der Waals surface area (Å²) in [6.07, 6.45) is 1.55. The van der Waals surface area contributed by atoms with E-state index in [4.69, 9.17) is 24.4 Å². The molecule has 8 nitrogen and oxygen atoms in total. The standard InChI is InChI=1S/C25H28N2O6/c1-14(2)22(26)25(29)27-18-9-8-15(19-7-6-10-33-19)11-17(18)23(28)16-12-20(30-3)24(32-5)21(13-16)31-4/h6-14,22H,26H2,1-5H3,(H,27,29). The highest BCUT2D eigenvalue weighted by Crippen LogP contribution is 2.39. The van der Waals surface area contributed by atoms with Gasteiger partial charge in [-0.2, -0.15) is 0 Å². The number of benzene rings is 2. The zero-order valence-electron chi connectivity index (χ0n) is 19.3. The maximum Gasteiger partial charge on any atom is 0.241 e. The number of methoxy groups -OCH3 is 3. The van der Waals surface area contributed by atoms with Gasteiger partial charge < -0.3 is 29.7 Å². The molecule has 3 N–H and O–H groups in total. The zero-order chi connectivity index (χ0) is 24.1. The lowest BCUT2D eigenvalue weighted by molar-refractivity contribution is -0.118. The van der Waals surface area contributed by atoms with E-state index in [-0.39, 0.29) is 23.2 Å². The fraction of sp³-hybridized carbons (Fsp3) is 0.280. The SMILES string of the molecule is COc1cc(C(=O)c2cc(-c3ccco3)ccc2NC(=O)C(N)C(C)C)cc(OC)c1OC. The van der Waals surface area contributed by atoms with Crippen molar-refractivity contribution in [1.82, 2.24) is 0 Å². The fourth-order valence-corrected chi connectivity index (χ4v) is 3.32. The van der Waals surface area contributed by atoms with Crippen molar-refractivity contribution < 1.29 is 28.2 Å². The van der Waals surface area contributed by atoms with E-state index >= 15 is 0 Å². The van der Waals surface area contributed by atoms with Crippen LogP contribution in [0, 0.1) is 5.92 Å². The van der Waals surface area contributed by atoms with E-state index in [1.165, 1.54) is 21.3 Å². The Labute approximate surface area is 192 Å². The number of carbonyl (C=O) groups excluding carboxylic acids is 2. The molecule has 2 aromatic carbocycles. The summed E-state index contributed by atoms with van der Waals surface area (Å²) in [7, 11) is 4.43. The average Bonchev–Trinajstić information content (AvgIpc) is 3.37. The van der Waals surface area contributed by atoms with E-state index in [1.807, 2.05) is 13.8 Å². The van der Waals surface area contributed by atoms with E-state index in [9.17, 15) is 9.59 Å². The second kappa shape index (κ2) is 10.2. The third-order valence-corrected chi connectivity index (χ3v) is 5.28. The van der Waals surface area contributed by atoms with Crippen LogP contribution in [0.15, 0.2) is 53.1 Å². The monoisotopic (exact) mass is 452 g/mol. The van der Waals surface area contributed by atoms with Crippen LogP contribution in [0.3, 0.4) is 0 Å². The molecule has 0 radical (unpaired) electrons. The highest BCUT2D eigenvalue weighted by molar-refractivity contribution is 6.15. The summed E-state index contributed by atoms with van der Waals surface area (Å²) in [5.74, 6) is 0.847. The van der Waals surface area contributed by atoms with Crippen molar-refractivity contribution in [2.75, 3.05) is 26.6 Å². The van der Waals surface area contributed by atoms with Crippen molar-refractivity contribution in [3.05, 3.63) is 59.9 Å². The topological polar surface area (TPSA) is 113 Å². The van der Waals surface area contributed by atoms with Crippen LogP contribution in [0.1, 0.15) is 29.8 Å². The largest absolute Gasteiger partial charge is 0.493 e. The summed E-state index contributed by atoms with van der Waals surface area (Å²) >= 11 is 0. The molecule has 3 aromatic rings. The van der Waals surface area contributed by atoms with Gasteiger partial charge in [0.1, 0.15) is 5.76 Å². The quantitative estimate of drug-likeness (QED) is 0.470. The van der Waals surface area contributed by atoms with Crippen LogP contribution in [0.25, 0.3) is 11.3 Å². The minimum Gasteiger partial charge on any atom is -0.493 e. The van der Waals surface area contributed by atoms with Gasteiger partial charge in [-0.15, -0.1) is 0 Å². The molecule has 0 saturated carbocycles. The van der Waals surface area contributed by atoms with Crippen molar-refractivity contribution in [3.63, 3.8) is 0 Å². The highest BCUT2D eigenvalue weighted by Gasteiger charge is 2.24. The molecule has 0 fully saturated rings. The first-order valence-corrected chi connectivity index (χ1v) is 10.4. The summed E-state index contributed by atoms with van der Waals surface area (Å²) < 4.78 is 21.6. The lowest BCUT2D eigenvalue weighted by Gasteiger charge is -2.18. The number of nitrogens with one attached hydrogen (secondary N) is 1. The van der Waals surface area contributed by atoms with Gasteiger partial charge in [-0.1, -0.05) is 13.8 Å². The van der Waals surface area contributed by atoms with Crippen LogP contribution in [-0.4, -0.2) is 39.1 Å². The summed E-state index contributed by atoms with van der Waals surface area (Å²) in [6, 6.07) is 11.0. The first kappa shape index (κ1) is 23.9. The number of anilines is 1. The number of amides is 1. The predicted octanol–water partition coefficient (Wildman–Crippen LogP) is 4.13. The number of rotatable bonds is 9. The second-order valence-corrected chi connectivity index (χ2v) is 7.74. The number of furan rings is 1. The summed E-state index contributed by atoms with van der Waals surface area (Å²) in [6.45, 7) is 3.71. The fourth-order valence-electron chi connectivity index (χ4n) is 3.32. The van der Waals surface area contributed by atoms with E-state index in [2.05, 4.69) is 5.32 Å². The number of carbonyl (C=O) groups is 2. The molecule has 0 aliphatic rings. The molecule has 8 heteroatoms. The van der Waals surface area contributed by atoms with Crippen LogP contribution < -0.4 is 25.3 Å². The van der Waals surface area contributed by atoms with Crippen LogP contribution in [0.4, 0.5) is 5.69 Å². The number of ketones is 1. The Hall–Kier alpha value is -3.78. The number of hydrogen-bond donors (Lipinski definition) is 2. The van der Waals surface area contributed by atoms with Gasteiger partial charge in [0, 0.05) is 16.7 Å². The van der Waals surface area contributed by atoms with Gasteiger partial charge in [0.25, 0.3) is 0 Å². The van der Waals surface area contributed by atoms with Gasteiger partial charge in [-0.25, -0.2) is 0 Å². The van der Waals surface area contributed by atoms with Crippen molar-refractivity contribution in [1.29, 1.82) is 0 Å². The Morgan fingerprint density at radius 2 is 1.64 bits per heavy atom. The number of nitrogens with two attached hydrogens (primary N) is 1. The molecule has 1 unspecified atom stereocenters. The zero-order valence-corrected chi connectivity index (χ0v) is 19.3. The Morgan fingerprint density at radius 1 is 0.970 bits per heavy atom. The van der Waals surface area contributed by atoms with Gasteiger partial charge in [0.2, 0.25) is 11.7 Å². The number of hydrogen-bond acceptors (Lipinski definition) is 7. The van der Waals surface area contributed by atoms with E-state index in [0.717, 1.165) is 0 Å². The van der Waals surface area contributed by atoms with Crippen molar-refractivity contribution in [2.24, 2.45) is 11.7 Å². The first-order valence-electron chi connectivity index (χ1n) is 10.4. The van der Waals surface area contributed by atoms with Crippen LogP contribution in [0.2, 0.25) is 0 Å². The van der Waals surface area contributed by atoms with Gasteiger partial charge in [0.05, 0.1) is 39.3 Å². The lowest BCUT2D eigenvalue weighted by atomic mass is 9.97. The lowest BCUT2D eigenvalue weighted by Crippen LogP contribution is -2.40. The van der Waals surface area contributed by atoms with Crippen LogP contribution >= 0.6 is 0 Å². The number of ether oxygens (including phenoxy) is 3. The molecule has 3 rings (SSSR count). The van der Waals surface area contributed by atoms with E-state index < -0.39 is 6.04 Å². The second-order valence-electron chi connectivity index (χ2n) is 7.74. The summed E-state index contributed by atoms with van der Waals surface area (Å²) in [5, 5.41) is 2.79. The Balaban J connectivity index is 2.11. The third kappa shape index (κ3) is 5.01.